The molecule has 1 saturated heterocycles. The van der Waals surface area contributed by atoms with E-state index in [1.54, 1.807) is 0 Å². The molecule has 2 N–H and O–H groups in total. The van der Waals surface area contributed by atoms with Gasteiger partial charge in [-0.05, 0) is 32.0 Å². The third-order valence-electron chi connectivity index (χ3n) is 6.95. The van der Waals surface area contributed by atoms with Crippen LogP contribution in [-0.2, 0) is 15.7 Å². The van der Waals surface area contributed by atoms with Crippen molar-refractivity contribution in [2.24, 2.45) is 0 Å². The Labute approximate surface area is 250 Å². The lowest BCUT2D eigenvalue weighted by Gasteiger charge is -2.45. The first-order chi connectivity index (χ1) is 20.2. The molecule has 17 heteroatoms. The van der Waals surface area contributed by atoms with Crippen molar-refractivity contribution in [2.45, 2.75) is 56.6 Å². The molecule has 1 aliphatic rings. The number of alkyl halides is 3. The standard InChI is InChI=1S/C26H23Cl2F5N6O4/c1-10(40)21-22(42-3)19(38-9-12(7-35-38)14-4-5-15(28)18(30)17(14)29)20(41)23(43-21)25-36-11(2)37-39(25)16-6-13(27)8-34-24(16)26(31,32)33/h4-10,19-23,40-41H,1-3H3/t10?,19?,20?,21?,22-,23-/m1/s1. The zero-order chi connectivity index (χ0) is 31.4. The predicted molar refractivity (Wildman–Crippen MR) is 142 cm³/mol. The number of aryl methyl sites for hydroxylation is 1. The molecule has 1 fully saturated rings. The van der Waals surface area contributed by atoms with Crippen LogP contribution in [0.5, 0.6) is 0 Å². The summed E-state index contributed by atoms with van der Waals surface area (Å²) in [5.41, 5.74) is -1.95. The second-order valence-electron chi connectivity index (χ2n) is 9.82. The first kappa shape index (κ1) is 31.2. The van der Waals surface area contributed by atoms with Gasteiger partial charge < -0.3 is 19.7 Å². The number of aliphatic hydroxyl groups is 2. The molecule has 4 heterocycles. The Balaban J connectivity index is 1.63. The third kappa shape index (κ3) is 5.72. The predicted octanol–water partition coefficient (Wildman–Crippen LogP) is 4.88. The van der Waals surface area contributed by atoms with Crippen molar-refractivity contribution in [3.63, 3.8) is 0 Å². The molecule has 1 aliphatic heterocycles. The lowest BCUT2D eigenvalue weighted by molar-refractivity contribution is -0.230. The number of benzene rings is 1. The van der Waals surface area contributed by atoms with E-state index in [1.807, 2.05) is 0 Å². The van der Waals surface area contributed by atoms with E-state index in [9.17, 15) is 32.2 Å². The van der Waals surface area contributed by atoms with Gasteiger partial charge in [0.1, 0.15) is 36.3 Å². The summed E-state index contributed by atoms with van der Waals surface area (Å²) in [4.78, 5) is 7.67. The Kier molecular flexibility index (Phi) is 8.50. The lowest BCUT2D eigenvalue weighted by atomic mass is 9.89. The number of nitrogens with zero attached hydrogens (tertiary/aromatic N) is 6. The quantitative estimate of drug-likeness (QED) is 0.224. The van der Waals surface area contributed by atoms with E-state index in [1.165, 1.54) is 50.2 Å². The van der Waals surface area contributed by atoms with Crippen molar-refractivity contribution in [3.05, 3.63) is 75.8 Å². The molecule has 230 valence electrons. The van der Waals surface area contributed by atoms with Gasteiger partial charge in [-0.25, -0.2) is 23.4 Å². The Bertz CT molecular complexity index is 1650. The number of ether oxygens (including phenoxy) is 2. The van der Waals surface area contributed by atoms with Gasteiger partial charge in [-0.3, -0.25) is 4.68 Å². The summed E-state index contributed by atoms with van der Waals surface area (Å²) in [6, 6.07) is 2.23. The van der Waals surface area contributed by atoms with Crippen molar-refractivity contribution in [3.8, 4) is 16.8 Å². The summed E-state index contributed by atoms with van der Waals surface area (Å²) in [6.45, 7) is 2.81. The van der Waals surface area contributed by atoms with E-state index in [0.29, 0.717) is 0 Å². The van der Waals surface area contributed by atoms with Crippen molar-refractivity contribution in [2.75, 3.05) is 7.11 Å². The minimum Gasteiger partial charge on any atom is -0.391 e. The molecule has 0 radical (unpaired) electrons. The van der Waals surface area contributed by atoms with E-state index >= 15 is 0 Å². The molecule has 6 atom stereocenters. The van der Waals surface area contributed by atoms with Gasteiger partial charge in [0.2, 0.25) is 0 Å². The first-order valence-electron chi connectivity index (χ1n) is 12.6. The highest BCUT2D eigenvalue weighted by molar-refractivity contribution is 6.31. The number of pyridine rings is 1. The minimum absolute atomic E-state index is 0.0273. The molecule has 0 aliphatic carbocycles. The highest BCUT2D eigenvalue weighted by atomic mass is 35.5. The van der Waals surface area contributed by atoms with Crippen LogP contribution in [0.4, 0.5) is 22.0 Å². The molecule has 10 nitrogen and oxygen atoms in total. The number of halogens is 7. The van der Waals surface area contributed by atoms with E-state index in [2.05, 4.69) is 20.2 Å². The monoisotopic (exact) mass is 648 g/mol. The molecular weight excluding hydrogens is 626 g/mol. The van der Waals surface area contributed by atoms with E-state index in [0.717, 1.165) is 16.9 Å². The van der Waals surface area contributed by atoms with Crippen molar-refractivity contribution in [1.82, 2.24) is 29.5 Å². The van der Waals surface area contributed by atoms with E-state index in [4.69, 9.17) is 32.7 Å². The van der Waals surface area contributed by atoms with Crippen LogP contribution in [0.2, 0.25) is 10.0 Å². The molecule has 1 aromatic carbocycles. The zero-order valence-electron chi connectivity index (χ0n) is 22.5. The van der Waals surface area contributed by atoms with Crippen molar-refractivity contribution in [1.29, 1.82) is 0 Å². The lowest BCUT2D eigenvalue weighted by Crippen LogP contribution is -2.56. The van der Waals surface area contributed by atoms with Gasteiger partial charge in [-0.15, -0.1) is 0 Å². The molecule has 0 saturated carbocycles. The summed E-state index contributed by atoms with van der Waals surface area (Å²) in [6.07, 6.45) is -8.17. The van der Waals surface area contributed by atoms with E-state index < -0.39 is 70.8 Å². The first-order valence-corrected chi connectivity index (χ1v) is 13.4. The fourth-order valence-electron chi connectivity index (χ4n) is 5.07. The number of hydrogen-bond acceptors (Lipinski definition) is 8. The van der Waals surface area contributed by atoms with Gasteiger partial charge in [0.15, 0.2) is 23.2 Å². The van der Waals surface area contributed by atoms with Crippen molar-refractivity contribution < 1.29 is 41.6 Å². The third-order valence-corrected chi connectivity index (χ3v) is 7.45. The van der Waals surface area contributed by atoms with Gasteiger partial charge in [0.05, 0.1) is 28.0 Å². The fraction of sp³-hybridized carbons (Fsp3) is 0.385. The molecular formula is C26H23Cl2F5N6O4. The molecule has 4 unspecified atom stereocenters. The second kappa shape index (κ2) is 11.7. The summed E-state index contributed by atoms with van der Waals surface area (Å²) in [5, 5.41) is 30.1. The number of rotatable bonds is 6. The van der Waals surface area contributed by atoms with Crippen LogP contribution in [0.1, 0.15) is 36.4 Å². The van der Waals surface area contributed by atoms with Gasteiger partial charge in [0, 0.05) is 30.6 Å². The number of aliphatic hydroxyl groups excluding tert-OH is 2. The van der Waals surface area contributed by atoms with E-state index in [-0.39, 0.29) is 27.8 Å². The van der Waals surface area contributed by atoms with Crippen LogP contribution in [0.15, 0.2) is 36.8 Å². The molecule has 4 aromatic rings. The maximum atomic E-state index is 14.7. The van der Waals surface area contributed by atoms with Crippen LogP contribution in [0.3, 0.4) is 0 Å². The van der Waals surface area contributed by atoms with Crippen LogP contribution in [0, 0.1) is 18.6 Å². The minimum atomic E-state index is -4.91. The van der Waals surface area contributed by atoms with Crippen LogP contribution >= 0.6 is 23.2 Å². The van der Waals surface area contributed by atoms with Gasteiger partial charge in [0.25, 0.3) is 0 Å². The summed E-state index contributed by atoms with van der Waals surface area (Å²) in [5.74, 6) is -2.71. The molecule has 0 amide bonds. The molecule has 0 bridgehead atoms. The SMILES string of the molecule is CO[C@H]1C(C(C)O)O[C@@H](c2nc(C)nn2-c2cc(Cl)cnc2C(F)(F)F)C(O)C1n1cc(-c2ccc(Cl)c(F)c2F)cn1. The summed E-state index contributed by atoms with van der Waals surface area (Å²) >= 11 is 11.7. The van der Waals surface area contributed by atoms with Crippen LogP contribution in [-0.4, -0.2) is 71.3 Å². The number of aromatic nitrogens is 6. The van der Waals surface area contributed by atoms with Gasteiger partial charge >= 0.3 is 6.18 Å². The normalized spacial score (nSPS) is 23.5. The maximum absolute atomic E-state index is 14.7. The molecule has 0 spiro atoms. The van der Waals surface area contributed by atoms with Crippen LogP contribution < -0.4 is 0 Å². The Hall–Kier alpha value is -3.21. The Morgan fingerprint density at radius 3 is 2.51 bits per heavy atom. The fourth-order valence-corrected chi connectivity index (χ4v) is 5.37. The average Bonchev–Trinajstić information content (AvgIpc) is 3.57. The highest BCUT2D eigenvalue weighted by Gasteiger charge is 2.51. The number of methoxy groups -OCH3 is 1. The molecule has 3 aromatic heterocycles. The topological polar surface area (TPSA) is 120 Å². The maximum Gasteiger partial charge on any atom is 0.435 e. The molecule has 5 rings (SSSR count). The number of hydrogen-bond donors (Lipinski definition) is 2. The highest BCUT2D eigenvalue weighted by Crippen LogP contribution is 2.42. The zero-order valence-corrected chi connectivity index (χ0v) is 24.0. The van der Waals surface area contributed by atoms with Crippen LogP contribution in [0.25, 0.3) is 16.8 Å². The van der Waals surface area contributed by atoms with Gasteiger partial charge in [-0.1, -0.05) is 23.2 Å². The Morgan fingerprint density at radius 2 is 1.86 bits per heavy atom. The summed E-state index contributed by atoms with van der Waals surface area (Å²) < 4.78 is 84.3. The smallest absolute Gasteiger partial charge is 0.391 e. The molecule has 43 heavy (non-hydrogen) atoms. The second-order valence-corrected chi connectivity index (χ2v) is 10.7. The summed E-state index contributed by atoms with van der Waals surface area (Å²) in [7, 11) is 1.29. The van der Waals surface area contributed by atoms with Crippen molar-refractivity contribution >= 4 is 23.2 Å². The largest absolute Gasteiger partial charge is 0.435 e. The Morgan fingerprint density at radius 1 is 1.14 bits per heavy atom. The van der Waals surface area contributed by atoms with Gasteiger partial charge in [-0.2, -0.15) is 23.4 Å². The average molecular weight is 649 g/mol.